The first-order valence-corrected chi connectivity index (χ1v) is 5.74. The summed E-state index contributed by atoms with van der Waals surface area (Å²) in [5.74, 6) is -0.677. The van der Waals surface area contributed by atoms with Gasteiger partial charge in [-0.15, -0.1) is 0 Å². The lowest BCUT2D eigenvalue weighted by Gasteiger charge is -2.01. The Hall–Kier alpha value is -2.56. The fourth-order valence-electron chi connectivity index (χ4n) is 2.03. The molecule has 0 radical (unpaired) electrons. The third-order valence-electron chi connectivity index (χ3n) is 2.87. The van der Waals surface area contributed by atoms with E-state index in [1.54, 1.807) is 36.1 Å². The number of fused-ring (bicyclic) bond motifs is 1. The molecule has 3 rings (SSSR count). The van der Waals surface area contributed by atoms with E-state index in [1.807, 2.05) is 0 Å². The average Bonchev–Trinajstić information content (AvgIpc) is 2.80. The molecule has 0 saturated carbocycles. The molecule has 94 valence electrons. The first-order valence-electron chi connectivity index (χ1n) is 5.74. The van der Waals surface area contributed by atoms with Gasteiger partial charge in [-0.3, -0.25) is 9.78 Å². The molecule has 2 aromatic heterocycles. The normalized spacial score (nSPS) is 10.8. The molecular formula is C14H10FN3O. The van der Waals surface area contributed by atoms with Gasteiger partial charge in [0, 0.05) is 18.0 Å². The number of nitrogens with zero attached hydrogens (tertiary/aromatic N) is 3. The average molecular weight is 255 g/mol. The Morgan fingerprint density at radius 3 is 2.89 bits per heavy atom. The maximum absolute atomic E-state index is 13.4. The lowest BCUT2D eigenvalue weighted by molar-refractivity contribution is 0.103. The number of carbonyl (C=O) groups excluding carboxylic acids is 1. The van der Waals surface area contributed by atoms with Gasteiger partial charge in [0.2, 0.25) is 0 Å². The van der Waals surface area contributed by atoms with Crippen molar-refractivity contribution in [2.75, 3.05) is 0 Å². The minimum Gasteiger partial charge on any atom is -0.288 e. The summed E-state index contributed by atoms with van der Waals surface area (Å²) in [6.07, 6.45) is 6.27. The van der Waals surface area contributed by atoms with E-state index in [2.05, 4.69) is 10.1 Å². The minimum absolute atomic E-state index is 0.259. The highest BCUT2D eigenvalue weighted by atomic mass is 19.1. The molecule has 0 aliphatic carbocycles. The molecule has 0 atom stereocenters. The molecule has 2 heterocycles. The van der Waals surface area contributed by atoms with Gasteiger partial charge < -0.3 is 0 Å². The molecule has 0 amide bonds. The van der Waals surface area contributed by atoms with Crippen molar-refractivity contribution in [3.05, 3.63) is 65.5 Å². The van der Waals surface area contributed by atoms with Crippen LogP contribution in [0.5, 0.6) is 0 Å². The second kappa shape index (κ2) is 4.28. The van der Waals surface area contributed by atoms with Crippen molar-refractivity contribution in [2.45, 2.75) is 6.92 Å². The third kappa shape index (κ3) is 1.99. The van der Waals surface area contributed by atoms with Crippen LogP contribution in [0.15, 0.2) is 43.0 Å². The second-order valence-electron chi connectivity index (χ2n) is 4.31. The number of benzene rings is 1. The van der Waals surface area contributed by atoms with E-state index in [1.165, 1.54) is 18.3 Å². The third-order valence-corrected chi connectivity index (χ3v) is 2.87. The van der Waals surface area contributed by atoms with Crippen LogP contribution in [0.25, 0.3) is 5.52 Å². The summed E-state index contributed by atoms with van der Waals surface area (Å²) in [6, 6.07) is 4.27. The minimum atomic E-state index is -0.419. The van der Waals surface area contributed by atoms with E-state index >= 15 is 0 Å². The van der Waals surface area contributed by atoms with Gasteiger partial charge in [0.1, 0.15) is 5.82 Å². The number of aryl methyl sites for hydroxylation is 1. The topological polar surface area (TPSA) is 47.3 Å². The summed E-state index contributed by atoms with van der Waals surface area (Å²) >= 11 is 0. The molecule has 19 heavy (non-hydrogen) atoms. The molecule has 0 unspecified atom stereocenters. The van der Waals surface area contributed by atoms with Gasteiger partial charge in [0.05, 0.1) is 23.5 Å². The smallest absolute Gasteiger partial charge is 0.196 e. The molecular weight excluding hydrogens is 245 g/mol. The van der Waals surface area contributed by atoms with Gasteiger partial charge in [0.15, 0.2) is 5.78 Å². The zero-order valence-electron chi connectivity index (χ0n) is 10.2. The van der Waals surface area contributed by atoms with Crippen LogP contribution in [0.3, 0.4) is 0 Å². The molecule has 0 aliphatic heterocycles. The molecule has 3 aromatic rings. The van der Waals surface area contributed by atoms with E-state index in [9.17, 15) is 9.18 Å². The van der Waals surface area contributed by atoms with Gasteiger partial charge in [-0.05, 0) is 30.7 Å². The number of hydrogen-bond acceptors (Lipinski definition) is 3. The van der Waals surface area contributed by atoms with Crippen molar-refractivity contribution in [1.29, 1.82) is 0 Å². The molecule has 0 N–H and O–H groups in total. The van der Waals surface area contributed by atoms with Crippen LogP contribution >= 0.6 is 0 Å². The number of aromatic nitrogens is 3. The molecule has 0 saturated heterocycles. The van der Waals surface area contributed by atoms with Crippen LogP contribution in [0, 0.1) is 12.7 Å². The van der Waals surface area contributed by atoms with Crippen molar-refractivity contribution in [3.8, 4) is 0 Å². The highest BCUT2D eigenvalue weighted by Gasteiger charge is 2.15. The summed E-state index contributed by atoms with van der Waals surface area (Å²) in [4.78, 5) is 16.3. The Bertz CT molecular complexity index is 759. The maximum atomic E-state index is 13.4. The Balaban J connectivity index is 2.13. The molecule has 0 bridgehead atoms. The molecule has 0 aliphatic rings. The Labute approximate surface area is 108 Å². The lowest BCUT2D eigenvalue weighted by atomic mass is 10.0. The number of rotatable bonds is 2. The highest BCUT2D eigenvalue weighted by Crippen LogP contribution is 2.17. The van der Waals surface area contributed by atoms with Crippen LogP contribution < -0.4 is 0 Å². The van der Waals surface area contributed by atoms with E-state index in [0.29, 0.717) is 22.2 Å². The number of carbonyl (C=O) groups is 1. The SMILES string of the molecule is Cc1cc(F)cc(C(=O)c2cnn3ccncc23)c1. The van der Waals surface area contributed by atoms with Crippen LogP contribution in [-0.2, 0) is 0 Å². The molecule has 5 heteroatoms. The van der Waals surface area contributed by atoms with E-state index < -0.39 is 5.82 Å². The van der Waals surface area contributed by atoms with Gasteiger partial charge in [-0.25, -0.2) is 8.91 Å². The van der Waals surface area contributed by atoms with Crippen molar-refractivity contribution >= 4 is 11.3 Å². The quantitative estimate of drug-likeness (QED) is 0.661. The van der Waals surface area contributed by atoms with Crippen molar-refractivity contribution in [1.82, 2.24) is 14.6 Å². The summed E-state index contributed by atoms with van der Waals surface area (Å²) < 4.78 is 14.9. The number of ketones is 1. The first-order chi connectivity index (χ1) is 9.15. The van der Waals surface area contributed by atoms with Crippen molar-refractivity contribution in [2.24, 2.45) is 0 Å². The van der Waals surface area contributed by atoms with E-state index in [-0.39, 0.29) is 5.78 Å². The van der Waals surface area contributed by atoms with Crippen LogP contribution in [0.4, 0.5) is 4.39 Å². The first kappa shape index (κ1) is 11.5. The number of hydrogen-bond donors (Lipinski definition) is 0. The van der Waals surface area contributed by atoms with Crippen LogP contribution in [0.2, 0.25) is 0 Å². The van der Waals surface area contributed by atoms with E-state index in [4.69, 9.17) is 0 Å². The lowest BCUT2D eigenvalue weighted by Crippen LogP contribution is -2.02. The maximum Gasteiger partial charge on any atom is 0.196 e. The van der Waals surface area contributed by atoms with E-state index in [0.717, 1.165) is 0 Å². The molecule has 0 spiro atoms. The molecule has 0 fully saturated rings. The zero-order valence-corrected chi connectivity index (χ0v) is 10.2. The van der Waals surface area contributed by atoms with Crippen molar-refractivity contribution in [3.63, 3.8) is 0 Å². The summed E-state index contributed by atoms with van der Waals surface area (Å²) in [6.45, 7) is 1.75. The Morgan fingerprint density at radius 1 is 1.26 bits per heavy atom. The zero-order chi connectivity index (χ0) is 13.4. The van der Waals surface area contributed by atoms with Crippen molar-refractivity contribution < 1.29 is 9.18 Å². The van der Waals surface area contributed by atoms with Crippen LogP contribution in [-0.4, -0.2) is 20.4 Å². The Morgan fingerprint density at radius 2 is 2.11 bits per heavy atom. The number of halogens is 1. The molecule has 1 aromatic carbocycles. The Kier molecular flexibility index (Phi) is 2.59. The van der Waals surface area contributed by atoms with Crippen LogP contribution in [0.1, 0.15) is 21.5 Å². The van der Waals surface area contributed by atoms with Gasteiger partial charge in [-0.2, -0.15) is 5.10 Å². The largest absolute Gasteiger partial charge is 0.288 e. The highest BCUT2D eigenvalue weighted by molar-refractivity contribution is 6.13. The second-order valence-corrected chi connectivity index (χ2v) is 4.31. The fourth-order valence-corrected chi connectivity index (χ4v) is 2.03. The van der Waals surface area contributed by atoms with Gasteiger partial charge >= 0.3 is 0 Å². The molecule has 4 nitrogen and oxygen atoms in total. The van der Waals surface area contributed by atoms with Gasteiger partial charge in [0.25, 0.3) is 0 Å². The summed E-state index contributed by atoms with van der Waals surface area (Å²) in [5, 5.41) is 4.07. The monoisotopic (exact) mass is 255 g/mol. The fraction of sp³-hybridized carbons (Fsp3) is 0.0714. The predicted octanol–water partition coefficient (Wildman–Crippen LogP) is 2.41. The summed E-state index contributed by atoms with van der Waals surface area (Å²) in [7, 11) is 0. The summed E-state index contributed by atoms with van der Waals surface area (Å²) in [5.41, 5.74) is 2.04. The predicted molar refractivity (Wildman–Crippen MR) is 67.6 cm³/mol. The standard InChI is InChI=1S/C14H10FN3O/c1-9-4-10(6-11(15)5-9)14(19)12-7-17-18-3-2-16-8-13(12)18/h2-8H,1H3. The van der Waals surface area contributed by atoms with Gasteiger partial charge in [-0.1, -0.05) is 0 Å².